The van der Waals surface area contributed by atoms with Crippen molar-refractivity contribution in [3.05, 3.63) is 41.0 Å². The van der Waals surface area contributed by atoms with E-state index in [0.29, 0.717) is 0 Å². The fraction of sp³-hybridized carbons (Fsp3) is 0.520. The van der Waals surface area contributed by atoms with Crippen LogP contribution in [0.4, 0.5) is 0 Å². The topological polar surface area (TPSA) is 112 Å². The molecular formula is C25H33BrN4O4S. The average Bonchev–Trinajstić information content (AvgIpc) is 3.41. The molecule has 1 fully saturated rings. The molecule has 0 aliphatic carbocycles. The van der Waals surface area contributed by atoms with Crippen molar-refractivity contribution in [2.24, 2.45) is 5.41 Å². The van der Waals surface area contributed by atoms with Crippen LogP contribution >= 0.6 is 27.3 Å². The molecular weight excluding hydrogens is 532 g/mol. The lowest BCUT2D eigenvalue weighted by Crippen LogP contribution is -2.58. The number of thiazole rings is 1. The molecule has 1 aliphatic heterocycles. The summed E-state index contributed by atoms with van der Waals surface area (Å²) in [5.74, 6) is -1.02. The smallest absolute Gasteiger partial charge is 0.246 e. The van der Waals surface area contributed by atoms with Gasteiger partial charge in [-0.25, -0.2) is 4.98 Å². The number of hydrogen-bond donors (Lipinski definition) is 3. The summed E-state index contributed by atoms with van der Waals surface area (Å²) in [6, 6.07) is 6.02. The number of halogens is 1. The number of benzene rings is 1. The molecule has 0 unspecified atom stereocenters. The van der Waals surface area contributed by atoms with Gasteiger partial charge in [0.2, 0.25) is 17.7 Å². The molecule has 1 aliphatic rings. The minimum Gasteiger partial charge on any atom is -0.391 e. The van der Waals surface area contributed by atoms with E-state index in [4.69, 9.17) is 0 Å². The maximum Gasteiger partial charge on any atom is 0.246 e. The highest BCUT2D eigenvalue weighted by Gasteiger charge is 2.44. The fourth-order valence-electron chi connectivity index (χ4n) is 4.22. The molecule has 2 heterocycles. The fourth-order valence-corrected chi connectivity index (χ4v) is 5.19. The number of aliphatic hydroxyl groups is 1. The van der Waals surface area contributed by atoms with Gasteiger partial charge in [-0.2, -0.15) is 0 Å². The van der Waals surface area contributed by atoms with Crippen LogP contribution < -0.4 is 10.6 Å². The van der Waals surface area contributed by atoms with E-state index >= 15 is 0 Å². The van der Waals surface area contributed by atoms with Gasteiger partial charge in [0.15, 0.2) is 0 Å². The predicted molar refractivity (Wildman–Crippen MR) is 140 cm³/mol. The Kier molecular flexibility index (Phi) is 8.72. The molecule has 4 atom stereocenters. The second kappa shape index (κ2) is 11.2. The lowest BCUT2D eigenvalue weighted by Gasteiger charge is -2.35. The number of nitrogens with zero attached hydrogens (tertiary/aromatic N) is 2. The summed E-state index contributed by atoms with van der Waals surface area (Å²) >= 11 is 4.70. The third-order valence-corrected chi connectivity index (χ3v) is 7.67. The monoisotopic (exact) mass is 564 g/mol. The summed E-state index contributed by atoms with van der Waals surface area (Å²) in [5.41, 5.74) is 4.23. The lowest BCUT2D eigenvalue weighted by molar-refractivity contribution is -0.143. The second-order valence-electron chi connectivity index (χ2n) is 10.0. The van der Waals surface area contributed by atoms with Gasteiger partial charge >= 0.3 is 0 Å². The number of aliphatic hydroxyl groups excluding tert-OH is 1. The van der Waals surface area contributed by atoms with Gasteiger partial charge in [0.05, 0.1) is 33.6 Å². The van der Waals surface area contributed by atoms with Gasteiger partial charge in [0.25, 0.3) is 0 Å². The van der Waals surface area contributed by atoms with Crippen LogP contribution in [-0.2, 0) is 14.4 Å². The van der Waals surface area contributed by atoms with Gasteiger partial charge in [-0.3, -0.25) is 14.4 Å². The Morgan fingerprint density at radius 1 is 1.23 bits per heavy atom. The Balaban J connectivity index is 1.73. The highest BCUT2D eigenvalue weighted by atomic mass is 79.9. The first-order chi connectivity index (χ1) is 16.4. The highest BCUT2D eigenvalue weighted by molar-refractivity contribution is 9.09. The Hall–Kier alpha value is -2.30. The SMILES string of the molecule is Cc1ncsc1-c1ccc([C@H](C)NC(=O)[C@@H]2C[C@@H](O)CN2C(=O)[C@@H](NC(=O)CBr)C(C)(C)C)cc1. The summed E-state index contributed by atoms with van der Waals surface area (Å²) in [6.07, 6.45) is -0.656. The number of rotatable bonds is 7. The van der Waals surface area contributed by atoms with Gasteiger partial charge in [0.1, 0.15) is 12.1 Å². The molecule has 3 rings (SSSR count). The number of nitrogens with one attached hydrogen (secondary N) is 2. The molecule has 1 aromatic carbocycles. The molecule has 0 radical (unpaired) electrons. The van der Waals surface area contributed by atoms with Crippen LogP contribution in [0.25, 0.3) is 10.4 Å². The number of aromatic nitrogens is 1. The number of alkyl halides is 1. The highest BCUT2D eigenvalue weighted by Crippen LogP contribution is 2.29. The van der Waals surface area contributed by atoms with Gasteiger partial charge in [-0.1, -0.05) is 61.0 Å². The van der Waals surface area contributed by atoms with Crippen LogP contribution in [-0.4, -0.2) is 62.8 Å². The number of aryl methyl sites for hydroxylation is 1. The van der Waals surface area contributed by atoms with Crippen molar-refractivity contribution in [1.82, 2.24) is 20.5 Å². The van der Waals surface area contributed by atoms with Crippen molar-refractivity contribution in [3.8, 4) is 10.4 Å². The van der Waals surface area contributed by atoms with Gasteiger partial charge in [-0.15, -0.1) is 11.3 Å². The van der Waals surface area contributed by atoms with E-state index in [9.17, 15) is 19.5 Å². The third kappa shape index (κ3) is 6.48. The van der Waals surface area contributed by atoms with Crippen molar-refractivity contribution >= 4 is 45.0 Å². The van der Waals surface area contributed by atoms with Crippen molar-refractivity contribution in [2.45, 2.75) is 65.3 Å². The molecule has 1 aromatic heterocycles. The van der Waals surface area contributed by atoms with Gasteiger partial charge < -0.3 is 20.6 Å². The molecule has 3 amide bonds. The number of β-amino-alcohol motifs (C(OH)–C–C–N with tert-alkyl or cyclic N) is 1. The lowest BCUT2D eigenvalue weighted by atomic mass is 9.85. The van der Waals surface area contributed by atoms with Crippen molar-refractivity contribution in [3.63, 3.8) is 0 Å². The third-order valence-electron chi connectivity index (χ3n) is 6.18. The minimum atomic E-state index is -0.826. The van der Waals surface area contributed by atoms with Crippen molar-refractivity contribution < 1.29 is 19.5 Å². The van der Waals surface area contributed by atoms with Crippen LogP contribution in [0.15, 0.2) is 29.8 Å². The summed E-state index contributed by atoms with van der Waals surface area (Å²) in [5, 5.41) is 16.1. The minimum absolute atomic E-state index is 0.0466. The number of carbonyl (C=O) groups is 3. The zero-order chi connectivity index (χ0) is 25.9. The quantitative estimate of drug-likeness (QED) is 0.447. The van der Waals surface area contributed by atoms with E-state index < -0.39 is 23.6 Å². The number of hydrogen-bond acceptors (Lipinski definition) is 6. The number of carbonyl (C=O) groups excluding carboxylic acids is 3. The first kappa shape index (κ1) is 27.3. The summed E-state index contributed by atoms with van der Waals surface area (Å²) < 4.78 is 0. The second-order valence-corrected chi connectivity index (χ2v) is 11.4. The van der Waals surface area contributed by atoms with Crippen LogP contribution in [0.3, 0.4) is 0 Å². The van der Waals surface area contributed by atoms with E-state index in [0.717, 1.165) is 21.7 Å². The van der Waals surface area contributed by atoms with E-state index in [-0.39, 0.29) is 42.1 Å². The molecule has 0 bridgehead atoms. The zero-order valence-electron chi connectivity index (χ0n) is 20.7. The summed E-state index contributed by atoms with van der Waals surface area (Å²) in [4.78, 5) is 45.5. The average molecular weight is 566 g/mol. The molecule has 190 valence electrons. The van der Waals surface area contributed by atoms with Crippen LogP contribution in [0, 0.1) is 12.3 Å². The molecule has 0 saturated carbocycles. The molecule has 35 heavy (non-hydrogen) atoms. The molecule has 8 nitrogen and oxygen atoms in total. The molecule has 10 heteroatoms. The maximum atomic E-state index is 13.4. The molecule has 1 saturated heterocycles. The van der Waals surface area contributed by atoms with Crippen LogP contribution in [0.5, 0.6) is 0 Å². The maximum absolute atomic E-state index is 13.4. The van der Waals surface area contributed by atoms with E-state index in [1.165, 1.54) is 4.90 Å². The first-order valence-corrected chi connectivity index (χ1v) is 13.6. The van der Waals surface area contributed by atoms with Crippen LogP contribution in [0.1, 0.15) is 51.4 Å². The van der Waals surface area contributed by atoms with Crippen molar-refractivity contribution in [1.29, 1.82) is 0 Å². The Labute approximate surface area is 218 Å². The largest absolute Gasteiger partial charge is 0.391 e. The Morgan fingerprint density at radius 3 is 2.43 bits per heavy atom. The molecule has 3 N–H and O–H groups in total. The van der Waals surface area contributed by atoms with Gasteiger partial charge in [-0.05, 0) is 30.4 Å². The van der Waals surface area contributed by atoms with E-state index in [2.05, 4.69) is 31.5 Å². The van der Waals surface area contributed by atoms with Gasteiger partial charge in [0, 0.05) is 13.0 Å². The molecule has 2 aromatic rings. The Bertz CT molecular complexity index is 1070. The standard InChI is InChI=1S/C25H33BrN4O4S/c1-14(16-6-8-17(9-7-16)21-15(2)27-13-35-21)28-23(33)19-10-18(31)12-30(19)24(34)22(25(3,4)5)29-20(32)11-26/h6-9,13-14,18-19,22,31H,10-12H2,1-5H3,(H,28,33)(H,29,32)/t14-,18+,19-,22+/m0/s1. The van der Waals surface area contributed by atoms with E-state index in [1.807, 2.05) is 64.4 Å². The van der Waals surface area contributed by atoms with Crippen molar-refractivity contribution in [2.75, 3.05) is 11.9 Å². The summed E-state index contributed by atoms with van der Waals surface area (Å²) in [6.45, 7) is 9.46. The number of likely N-dealkylation sites (tertiary alicyclic amines) is 1. The number of amides is 3. The Morgan fingerprint density at radius 2 is 1.89 bits per heavy atom. The zero-order valence-corrected chi connectivity index (χ0v) is 23.1. The predicted octanol–water partition coefficient (Wildman–Crippen LogP) is 3.18. The summed E-state index contributed by atoms with van der Waals surface area (Å²) in [7, 11) is 0. The first-order valence-electron chi connectivity index (χ1n) is 11.6. The van der Waals surface area contributed by atoms with E-state index in [1.54, 1.807) is 11.3 Å². The van der Waals surface area contributed by atoms with Crippen LogP contribution in [0.2, 0.25) is 0 Å². The normalized spacial score (nSPS) is 19.8. The molecule has 0 spiro atoms.